The number of ether oxygens (including phenoxy) is 1. The van der Waals surface area contributed by atoms with Crippen molar-refractivity contribution in [1.82, 2.24) is 4.98 Å². The number of halogens is 1. The molecule has 7 nitrogen and oxygen atoms in total. The molecule has 2 rings (SSSR count). The molecule has 0 amide bonds. The zero-order valence-electron chi connectivity index (χ0n) is 11.5. The molecule has 1 aromatic rings. The van der Waals surface area contributed by atoms with E-state index in [1.807, 2.05) is 0 Å². The summed E-state index contributed by atoms with van der Waals surface area (Å²) in [6, 6.07) is 1.50. The average molecular weight is 360 g/mol. The first kappa shape index (κ1) is 16.1. The van der Waals surface area contributed by atoms with Crippen LogP contribution < -0.4 is 5.32 Å². The second-order valence-electron chi connectivity index (χ2n) is 4.99. The number of hydrogen-bond donors (Lipinski definition) is 2. The molecule has 0 bridgehead atoms. The lowest BCUT2D eigenvalue weighted by Gasteiger charge is -2.31. The molecule has 0 saturated carbocycles. The fraction of sp³-hybridized carbons (Fsp3) is 0.615. The quantitative estimate of drug-likeness (QED) is 0.597. The summed E-state index contributed by atoms with van der Waals surface area (Å²) >= 11 is 3.30. The van der Waals surface area contributed by atoms with E-state index in [0.29, 0.717) is 22.6 Å². The molecule has 0 aromatic carbocycles. The van der Waals surface area contributed by atoms with E-state index in [4.69, 9.17) is 4.74 Å². The summed E-state index contributed by atoms with van der Waals surface area (Å²) in [6.45, 7) is 1.53. The fourth-order valence-corrected chi connectivity index (χ4v) is 2.94. The lowest BCUT2D eigenvalue weighted by Crippen LogP contribution is -2.34. The average Bonchev–Trinajstić information content (AvgIpc) is 2.49. The number of rotatable bonds is 6. The summed E-state index contributed by atoms with van der Waals surface area (Å²) in [4.78, 5) is 14.3. The molecule has 116 valence electrons. The highest BCUT2D eigenvalue weighted by Crippen LogP contribution is 2.28. The van der Waals surface area contributed by atoms with Gasteiger partial charge in [0.2, 0.25) is 0 Å². The molecule has 1 atom stereocenters. The molecule has 21 heavy (non-hydrogen) atoms. The molecule has 8 heteroatoms. The lowest BCUT2D eigenvalue weighted by molar-refractivity contribution is -0.385. The molecule has 0 unspecified atom stereocenters. The molecule has 1 aliphatic rings. The third-order valence-corrected chi connectivity index (χ3v) is 4.24. The maximum atomic E-state index is 10.7. The number of hydrogen-bond acceptors (Lipinski definition) is 6. The van der Waals surface area contributed by atoms with Gasteiger partial charge in [0.25, 0.3) is 5.69 Å². The maximum absolute atomic E-state index is 10.7. The third-order valence-electron chi connectivity index (χ3n) is 3.63. The van der Waals surface area contributed by atoms with Gasteiger partial charge in [0.15, 0.2) is 0 Å². The van der Waals surface area contributed by atoms with E-state index < -0.39 is 4.92 Å². The molecular weight excluding hydrogens is 342 g/mol. The van der Waals surface area contributed by atoms with Gasteiger partial charge in [0.05, 0.1) is 9.40 Å². The Morgan fingerprint density at radius 1 is 1.57 bits per heavy atom. The first-order valence-electron chi connectivity index (χ1n) is 6.87. The van der Waals surface area contributed by atoms with Crippen molar-refractivity contribution in [1.29, 1.82) is 0 Å². The van der Waals surface area contributed by atoms with Crippen LogP contribution in [0.25, 0.3) is 0 Å². The predicted molar refractivity (Wildman–Crippen MR) is 81.2 cm³/mol. The number of pyridine rings is 1. The highest BCUT2D eigenvalue weighted by Gasteiger charge is 2.25. The van der Waals surface area contributed by atoms with Crippen LogP contribution in [0.2, 0.25) is 0 Å². The highest BCUT2D eigenvalue weighted by atomic mass is 79.9. The van der Waals surface area contributed by atoms with Crippen LogP contribution in [0.1, 0.15) is 19.3 Å². The second kappa shape index (κ2) is 7.67. The summed E-state index contributed by atoms with van der Waals surface area (Å²) in [6.07, 6.45) is 3.70. The van der Waals surface area contributed by atoms with E-state index in [-0.39, 0.29) is 18.3 Å². The zero-order valence-corrected chi connectivity index (χ0v) is 13.1. The second-order valence-corrected chi connectivity index (χ2v) is 5.85. The van der Waals surface area contributed by atoms with Crippen molar-refractivity contribution >= 4 is 27.4 Å². The molecule has 1 aliphatic heterocycles. The van der Waals surface area contributed by atoms with Gasteiger partial charge in [0.1, 0.15) is 12.0 Å². The van der Waals surface area contributed by atoms with E-state index in [9.17, 15) is 15.2 Å². The Morgan fingerprint density at radius 2 is 2.29 bits per heavy atom. The van der Waals surface area contributed by atoms with E-state index in [1.165, 1.54) is 12.3 Å². The van der Waals surface area contributed by atoms with Crippen LogP contribution in [0.5, 0.6) is 0 Å². The van der Waals surface area contributed by atoms with E-state index in [2.05, 4.69) is 26.2 Å². The number of aliphatic hydroxyl groups excluding tert-OH is 1. The van der Waals surface area contributed by atoms with Crippen LogP contribution >= 0.6 is 15.9 Å². The standard InChI is InChI=1S/C13H18BrN3O4/c14-11-7-10(17(19)20)8-15-13(11)16-12(1-4-18)9-2-5-21-6-3-9/h7-9,12,18H,1-6H2,(H,15,16)/t12-/m0/s1. The number of aliphatic hydroxyl groups is 1. The summed E-state index contributed by atoms with van der Waals surface area (Å²) in [7, 11) is 0. The van der Waals surface area contributed by atoms with Crippen molar-refractivity contribution in [2.24, 2.45) is 5.92 Å². The van der Waals surface area contributed by atoms with Gasteiger partial charge in [-0.3, -0.25) is 10.1 Å². The summed E-state index contributed by atoms with van der Waals surface area (Å²) in [5, 5.41) is 23.2. The van der Waals surface area contributed by atoms with E-state index >= 15 is 0 Å². The zero-order chi connectivity index (χ0) is 15.2. The number of nitrogens with zero attached hydrogens (tertiary/aromatic N) is 2. The Bertz CT molecular complexity index is 494. The monoisotopic (exact) mass is 359 g/mol. The Hall–Kier alpha value is -1.25. The van der Waals surface area contributed by atoms with E-state index in [1.54, 1.807) is 0 Å². The predicted octanol–water partition coefficient (Wildman–Crippen LogP) is 2.34. The Balaban J connectivity index is 2.10. The molecule has 0 radical (unpaired) electrons. The smallest absolute Gasteiger partial charge is 0.288 e. The minimum Gasteiger partial charge on any atom is -0.396 e. The van der Waals surface area contributed by atoms with Gasteiger partial charge >= 0.3 is 0 Å². The SMILES string of the molecule is O=[N+]([O-])c1cnc(N[C@@H](CCO)C2CCOCC2)c(Br)c1. The minimum atomic E-state index is -0.481. The van der Waals surface area contributed by atoms with Gasteiger partial charge < -0.3 is 15.2 Å². The number of nitrogens with one attached hydrogen (secondary N) is 1. The van der Waals surface area contributed by atoms with Crippen LogP contribution in [0.3, 0.4) is 0 Å². The van der Waals surface area contributed by atoms with Gasteiger partial charge in [-0.1, -0.05) is 0 Å². The maximum Gasteiger partial charge on any atom is 0.288 e. The normalized spacial score (nSPS) is 17.4. The molecule has 2 N–H and O–H groups in total. The number of anilines is 1. The number of aromatic nitrogens is 1. The van der Waals surface area contributed by atoms with Crippen molar-refractivity contribution in [3.05, 3.63) is 26.9 Å². The van der Waals surface area contributed by atoms with Crippen molar-refractivity contribution in [3.8, 4) is 0 Å². The molecule has 1 saturated heterocycles. The van der Waals surface area contributed by atoms with Gasteiger partial charge in [-0.25, -0.2) is 4.98 Å². The largest absolute Gasteiger partial charge is 0.396 e. The van der Waals surface area contributed by atoms with Crippen LogP contribution in [0.15, 0.2) is 16.7 Å². The summed E-state index contributed by atoms with van der Waals surface area (Å²) < 4.78 is 5.90. The summed E-state index contributed by atoms with van der Waals surface area (Å²) in [5.41, 5.74) is -0.0581. The molecule has 1 aromatic heterocycles. The molecular formula is C13H18BrN3O4. The van der Waals surface area contributed by atoms with E-state index in [0.717, 1.165) is 26.1 Å². The van der Waals surface area contributed by atoms with Crippen molar-refractivity contribution in [3.63, 3.8) is 0 Å². The molecule has 1 fully saturated rings. The van der Waals surface area contributed by atoms with Gasteiger partial charge in [-0.2, -0.15) is 0 Å². The lowest BCUT2D eigenvalue weighted by atomic mass is 9.90. The van der Waals surface area contributed by atoms with Gasteiger partial charge in [-0.05, 0) is 41.1 Å². The van der Waals surface area contributed by atoms with Crippen molar-refractivity contribution in [2.45, 2.75) is 25.3 Å². The van der Waals surface area contributed by atoms with Crippen LogP contribution in [-0.4, -0.2) is 40.9 Å². The molecule has 0 spiro atoms. The van der Waals surface area contributed by atoms with Crippen molar-refractivity contribution in [2.75, 3.05) is 25.1 Å². The van der Waals surface area contributed by atoms with Crippen LogP contribution in [0.4, 0.5) is 11.5 Å². The Morgan fingerprint density at radius 3 is 2.86 bits per heavy atom. The first-order valence-corrected chi connectivity index (χ1v) is 7.66. The number of nitro groups is 1. The summed E-state index contributed by atoms with van der Waals surface area (Å²) in [5.74, 6) is 0.959. The molecule has 0 aliphatic carbocycles. The van der Waals surface area contributed by atoms with Crippen molar-refractivity contribution < 1.29 is 14.8 Å². The molecule has 2 heterocycles. The van der Waals surface area contributed by atoms with Crippen LogP contribution in [-0.2, 0) is 4.74 Å². The third kappa shape index (κ3) is 4.36. The fourth-order valence-electron chi connectivity index (χ4n) is 2.49. The first-order chi connectivity index (χ1) is 10.1. The van der Waals surface area contributed by atoms with Gasteiger partial charge in [0, 0.05) is 31.9 Å². The Labute approximate surface area is 131 Å². The minimum absolute atomic E-state index is 0.0581. The topological polar surface area (TPSA) is 97.5 Å². The van der Waals surface area contributed by atoms with Gasteiger partial charge in [-0.15, -0.1) is 0 Å². The van der Waals surface area contributed by atoms with Crippen LogP contribution in [0, 0.1) is 16.0 Å². The Kier molecular flexibility index (Phi) is 5.89. The highest BCUT2D eigenvalue weighted by molar-refractivity contribution is 9.10.